The smallest absolute Gasteiger partial charge is 0.110 e. The molecule has 1 aliphatic heterocycles. The Kier molecular flexibility index (Phi) is 6.17. The minimum atomic E-state index is -0.112. The Bertz CT molecular complexity index is 205. The van der Waals surface area contributed by atoms with E-state index in [0.717, 1.165) is 6.54 Å². The van der Waals surface area contributed by atoms with E-state index in [1.54, 1.807) is 6.08 Å². The molecule has 0 saturated heterocycles. The van der Waals surface area contributed by atoms with E-state index in [0.29, 0.717) is 13.0 Å². The zero-order valence-electron chi connectivity index (χ0n) is 8.55. The van der Waals surface area contributed by atoms with Crippen LogP contribution in [0.4, 0.5) is 4.39 Å². The number of nitrogens with zero attached hydrogens (tertiary/aromatic N) is 2. The summed E-state index contributed by atoms with van der Waals surface area (Å²) >= 11 is 0. The minimum absolute atomic E-state index is 0.0822. The van der Waals surface area contributed by atoms with Crippen LogP contribution >= 0.6 is 0 Å². The highest BCUT2D eigenvalue weighted by atomic mass is 19.1. The van der Waals surface area contributed by atoms with Crippen molar-refractivity contribution >= 4 is 0 Å². The van der Waals surface area contributed by atoms with E-state index in [9.17, 15) is 4.39 Å². The zero-order chi connectivity index (χ0) is 10.3. The lowest BCUT2D eigenvalue weighted by molar-refractivity contribution is 0.278. The van der Waals surface area contributed by atoms with Crippen LogP contribution < -0.4 is 0 Å². The summed E-state index contributed by atoms with van der Waals surface area (Å²) in [4.78, 5) is 1.89. The Morgan fingerprint density at radius 1 is 1.69 bits per heavy atom. The van der Waals surface area contributed by atoms with E-state index in [1.807, 2.05) is 31.9 Å². The second-order valence-corrected chi connectivity index (χ2v) is 2.93. The number of likely N-dealkylation sites (N-methyl/N-ethyl adjacent to an activating group) is 1. The van der Waals surface area contributed by atoms with Crippen molar-refractivity contribution in [1.29, 1.82) is 5.26 Å². The van der Waals surface area contributed by atoms with Crippen molar-refractivity contribution in [3.8, 4) is 6.07 Å². The SMILES string of the molecule is CC.CN1CC(F)=CC(CC#N)C1. The van der Waals surface area contributed by atoms with E-state index in [-0.39, 0.29) is 11.7 Å². The van der Waals surface area contributed by atoms with Gasteiger partial charge in [-0.15, -0.1) is 0 Å². The topological polar surface area (TPSA) is 27.0 Å². The summed E-state index contributed by atoms with van der Waals surface area (Å²) in [6.07, 6.45) is 1.97. The van der Waals surface area contributed by atoms with Gasteiger partial charge in [-0.3, -0.25) is 4.90 Å². The van der Waals surface area contributed by atoms with Gasteiger partial charge in [-0.05, 0) is 13.1 Å². The highest BCUT2D eigenvalue weighted by molar-refractivity contribution is 5.05. The molecule has 0 saturated carbocycles. The monoisotopic (exact) mass is 184 g/mol. The van der Waals surface area contributed by atoms with E-state index in [1.165, 1.54) is 0 Å². The Labute approximate surface area is 79.7 Å². The summed E-state index contributed by atoms with van der Waals surface area (Å²) in [5.41, 5.74) is 0. The molecule has 1 heterocycles. The van der Waals surface area contributed by atoms with Crippen molar-refractivity contribution < 1.29 is 4.39 Å². The quantitative estimate of drug-likeness (QED) is 0.625. The van der Waals surface area contributed by atoms with Gasteiger partial charge >= 0.3 is 0 Å². The van der Waals surface area contributed by atoms with Crippen LogP contribution in [0.2, 0.25) is 0 Å². The van der Waals surface area contributed by atoms with Gasteiger partial charge in [-0.25, -0.2) is 4.39 Å². The first-order chi connectivity index (χ1) is 6.22. The molecule has 0 amide bonds. The fourth-order valence-electron chi connectivity index (χ4n) is 1.32. The molecule has 1 unspecified atom stereocenters. The average Bonchev–Trinajstić information content (AvgIpc) is 2.06. The molecular weight excluding hydrogens is 167 g/mol. The maximum Gasteiger partial charge on any atom is 0.110 e. The fraction of sp³-hybridized carbons (Fsp3) is 0.700. The molecule has 13 heavy (non-hydrogen) atoms. The van der Waals surface area contributed by atoms with Crippen LogP contribution in [0.5, 0.6) is 0 Å². The number of rotatable bonds is 1. The number of hydrogen-bond acceptors (Lipinski definition) is 2. The first-order valence-electron chi connectivity index (χ1n) is 4.64. The van der Waals surface area contributed by atoms with Gasteiger partial charge in [-0.2, -0.15) is 5.26 Å². The van der Waals surface area contributed by atoms with Crippen molar-refractivity contribution in [2.45, 2.75) is 20.3 Å². The van der Waals surface area contributed by atoms with Crippen LogP contribution in [0.3, 0.4) is 0 Å². The normalized spacial score (nSPS) is 22.4. The fourth-order valence-corrected chi connectivity index (χ4v) is 1.32. The second-order valence-electron chi connectivity index (χ2n) is 2.93. The molecule has 0 aromatic rings. The first-order valence-corrected chi connectivity index (χ1v) is 4.64. The molecule has 0 aromatic carbocycles. The van der Waals surface area contributed by atoms with Crippen LogP contribution in [0.1, 0.15) is 20.3 Å². The van der Waals surface area contributed by atoms with Gasteiger partial charge in [0, 0.05) is 25.4 Å². The molecule has 0 bridgehead atoms. The molecule has 1 aliphatic rings. The molecule has 74 valence electrons. The maximum absolute atomic E-state index is 12.7. The highest BCUT2D eigenvalue weighted by Crippen LogP contribution is 2.16. The lowest BCUT2D eigenvalue weighted by Crippen LogP contribution is -2.30. The predicted molar refractivity (Wildman–Crippen MR) is 51.8 cm³/mol. The average molecular weight is 184 g/mol. The van der Waals surface area contributed by atoms with Crippen LogP contribution in [-0.4, -0.2) is 25.0 Å². The molecule has 0 spiro atoms. The summed E-state index contributed by atoms with van der Waals surface area (Å²) in [5, 5.41) is 8.37. The molecule has 1 atom stereocenters. The zero-order valence-corrected chi connectivity index (χ0v) is 8.55. The Balaban J connectivity index is 0.000000671. The number of hydrogen-bond donors (Lipinski definition) is 0. The summed E-state index contributed by atoms with van der Waals surface area (Å²) < 4.78 is 12.7. The Hall–Kier alpha value is -0.880. The summed E-state index contributed by atoms with van der Waals surface area (Å²) in [5.74, 6) is -0.0299. The van der Waals surface area contributed by atoms with E-state index < -0.39 is 0 Å². The van der Waals surface area contributed by atoms with Gasteiger partial charge in [0.25, 0.3) is 0 Å². The van der Waals surface area contributed by atoms with Crippen molar-refractivity contribution in [2.75, 3.05) is 20.1 Å². The van der Waals surface area contributed by atoms with Crippen molar-refractivity contribution in [1.82, 2.24) is 4.90 Å². The molecule has 3 heteroatoms. The van der Waals surface area contributed by atoms with Gasteiger partial charge in [0.05, 0.1) is 6.07 Å². The number of nitriles is 1. The molecule has 1 rings (SSSR count). The maximum atomic E-state index is 12.7. The van der Waals surface area contributed by atoms with Crippen molar-refractivity contribution in [3.63, 3.8) is 0 Å². The lowest BCUT2D eigenvalue weighted by Gasteiger charge is -2.24. The van der Waals surface area contributed by atoms with E-state index >= 15 is 0 Å². The summed E-state index contributed by atoms with van der Waals surface area (Å²) in [6.45, 7) is 5.18. The van der Waals surface area contributed by atoms with Crippen molar-refractivity contribution in [3.05, 3.63) is 11.9 Å². The Morgan fingerprint density at radius 3 is 2.77 bits per heavy atom. The molecule has 2 nitrogen and oxygen atoms in total. The molecule has 0 fully saturated rings. The van der Waals surface area contributed by atoms with E-state index in [2.05, 4.69) is 0 Å². The molecule has 0 N–H and O–H groups in total. The molecule has 0 radical (unpaired) electrons. The third-order valence-corrected chi connectivity index (χ3v) is 1.74. The van der Waals surface area contributed by atoms with Crippen LogP contribution in [0.15, 0.2) is 11.9 Å². The summed E-state index contributed by atoms with van der Waals surface area (Å²) in [6, 6.07) is 2.04. The third-order valence-electron chi connectivity index (χ3n) is 1.74. The standard InChI is InChI=1S/C8H11FN2.C2H6/c1-11-5-7(2-3-10)4-8(9)6-11;1-2/h4,7H,2,5-6H2,1H3;1-2H3. The van der Waals surface area contributed by atoms with Gasteiger partial charge in [0.15, 0.2) is 0 Å². The molecular formula is C10H17FN2. The molecule has 0 aliphatic carbocycles. The largest absolute Gasteiger partial charge is 0.299 e. The van der Waals surface area contributed by atoms with Gasteiger partial charge < -0.3 is 0 Å². The lowest BCUT2D eigenvalue weighted by atomic mass is 10.0. The Morgan fingerprint density at radius 2 is 2.31 bits per heavy atom. The third kappa shape index (κ3) is 4.64. The first kappa shape index (κ1) is 12.1. The highest BCUT2D eigenvalue weighted by Gasteiger charge is 2.16. The van der Waals surface area contributed by atoms with Gasteiger partial charge in [0.2, 0.25) is 0 Å². The predicted octanol–water partition coefficient (Wildman–Crippen LogP) is 2.34. The van der Waals surface area contributed by atoms with Crippen molar-refractivity contribution in [2.24, 2.45) is 5.92 Å². The minimum Gasteiger partial charge on any atom is -0.299 e. The van der Waals surface area contributed by atoms with Crippen LogP contribution in [-0.2, 0) is 0 Å². The number of halogens is 1. The molecule has 0 aromatic heterocycles. The van der Waals surface area contributed by atoms with Crippen LogP contribution in [0.25, 0.3) is 0 Å². The second kappa shape index (κ2) is 6.62. The van der Waals surface area contributed by atoms with E-state index in [4.69, 9.17) is 5.26 Å². The van der Waals surface area contributed by atoms with Gasteiger partial charge in [-0.1, -0.05) is 13.8 Å². The van der Waals surface area contributed by atoms with Crippen LogP contribution in [0, 0.1) is 17.2 Å². The van der Waals surface area contributed by atoms with Gasteiger partial charge in [0.1, 0.15) is 5.83 Å². The summed E-state index contributed by atoms with van der Waals surface area (Å²) in [7, 11) is 1.86.